The highest BCUT2D eigenvalue weighted by Crippen LogP contribution is 2.08. The van der Waals surface area contributed by atoms with Gasteiger partial charge in [-0.3, -0.25) is 14.2 Å². The van der Waals surface area contributed by atoms with E-state index in [0.29, 0.717) is 17.7 Å². The minimum atomic E-state index is -0.580. The SMILES string of the molecule is CCCn1ccc(=O)n(Cc2ccccc2C(N)=O)c1=O. The van der Waals surface area contributed by atoms with E-state index >= 15 is 0 Å². The average Bonchev–Trinajstić information content (AvgIpc) is 2.47. The van der Waals surface area contributed by atoms with Crippen molar-refractivity contribution in [2.24, 2.45) is 5.73 Å². The Labute approximate surface area is 121 Å². The van der Waals surface area contributed by atoms with Crippen LogP contribution in [0.1, 0.15) is 29.3 Å². The Morgan fingerprint density at radius 1 is 1.19 bits per heavy atom. The fourth-order valence-electron chi connectivity index (χ4n) is 2.18. The normalized spacial score (nSPS) is 10.5. The van der Waals surface area contributed by atoms with E-state index in [2.05, 4.69) is 0 Å². The summed E-state index contributed by atoms with van der Waals surface area (Å²) < 4.78 is 2.59. The lowest BCUT2D eigenvalue weighted by Crippen LogP contribution is -2.39. The first-order valence-electron chi connectivity index (χ1n) is 6.72. The molecule has 1 amide bonds. The molecule has 2 aromatic rings. The maximum atomic E-state index is 12.3. The number of primary amides is 1. The van der Waals surface area contributed by atoms with Gasteiger partial charge in [0.2, 0.25) is 5.91 Å². The molecule has 0 radical (unpaired) electrons. The zero-order valence-corrected chi connectivity index (χ0v) is 11.8. The van der Waals surface area contributed by atoms with E-state index in [0.717, 1.165) is 11.0 Å². The lowest BCUT2D eigenvalue weighted by molar-refractivity contribution is 0.0999. The van der Waals surface area contributed by atoms with Crippen LogP contribution in [0, 0.1) is 0 Å². The van der Waals surface area contributed by atoms with Crippen molar-refractivity contribution in [1.82, 2.24) is 9.13 Å². The quantitative estimate of drug-likeness (QED) is 0.872. The van der Waals surface area contributed by atoms with Crippen LogP contribution in [0.15, 0.2) is 46.1 Å². The molecule has 2 N–H and O–H groups in total. The first-order chi connectivity index (χ1) is 10.0. The van der Waals surface area contributed by atoms with Gasteiger partial charge in [0.25, 0.3) is 5.56 Å². The van der Waals surface area contributed by atoms with E-state index in [1.165, 1.54) is 16.8 Å². The molecule has 0 saturated heterocycles. The van der Waals surface area contributed by atoms with Gasteiger partial charge in [-0.2, -0.15) is 0 Å². The monoisotopic (exact) mass is 287 g/mol. The largest absolute Gasteiger partial charge is 0.366 e. The summed E-state index contributed by atoms with van der Waals surface area (Å²) in [4.78, 5) is 35.6. The number of aromatic nitrogens is 2. The standard InChI is InChI=1S/C15H17N3O3/c1-2-8-17-9-7-13(19)18(15(17)21)10-11-5-3-4-6-12(11)14(16)20/h3-7,9H,2,8,10H2,1H3,(H2,16,20). The highest BCUT2D eigenvalue weighted by Gasteiger charge is 2.11. The van der Waals surface area contributed by atoms with Gasteiger partial charge < -0.3 is 10.3 Å². The number of aryl methyl sites for hydroxylation is 1. The van der Waals surface area contributed by atoms with Crippen LogP contribution in [-0.4, -0.2) is 15.0 Å². The molecule has 0 saturated carbocycles. The molecular weight excluding hydrogens is 270 g/mol. The highest BCUT2D eigenvalue weighted by molar-refractivity contribution is 5.94. The molecule has 1 aromatic heterocycles. The van der Waals surface area contributed by atoms with Gasteiger partial charge in [-0.25, -0.2) is 4.79 Å². The zero-order valence-electron chi connectivity index (χ0n) is 11.8. The van der Waals surface area contributed by atoms with Gasteiger partial charge in [0.15, 0.2) is 0 Å². The summed E-state index contributed by atoms with van der Waals surface area (Å²) >= 11 is 0. The summed E-state index contributed by atoms with van der Waals surface area (Å²) in [6.45, 7) is 2.52. The van der Waals surface area contributed by atoms with Crippen LogP contribution >= 0.6 is 0 Å². The Kier molecular flexibility index (Phi) is 4.37. The van der Waals surface area contributed by atoms with E-state index in [1.54, 1.807) is 24.3 Å². The molecule has 0 bridgehead atoms. The summed E-state index contributed by atoms with van der Waals surface area (Å²) in [5.74, 6) is -0.580. The Bertz CT molecular complexity index is 774. The maximum absolute atomic E-state index is 12.3. The smallest absolute Gasteiger partial charge is 0.331 e. The number of hydrogen-bond acceptors (Lipinski definition) is 3. The lowest BCUT2D eigenvalue weighted by atomic mass is 10.1. The van der Waals surface area contributed by atoms with Crippen LogP contribution in [0.4, 0.5) is 0 Å². The summed E-state index contributed by atoms with van der Waals surface area (Å²) in [6, 6.07) is 8.04. The van der Waals surface area contributed by atoms with Gasteiger partial charge in [-0.1, -0.05) is 25.1 Å². The number of rotatable bonds is 5. The molecule has 1 aromatic carbocycles. The minimum Gasteiger partial charge on any atom is -0.366 e. The van der Waals surface area contributed by atoms with Gasteiger partial charge in [0, 0.05) is 24.4 Å². The first-order valence-corrected chi connectivity index (χ1v) is 6.72. The second-order valence-corrected chi connectivity index (χ2v) is 4.74. The van der Waals surface area contributed by atoms with Crippen LogP contribution in [0.2, 0.25) is 0 Å². The minimum absolute atomic E-state index is 0.0291. The van der Waals surface area contributed by atoms with Gasteiger partial charge >= 0.3 is 5.69 Å². The van der Waals surface area contributed by atoms with E-state index in [4.69, 9.17) is 5.73 Å². The molecular formula is C15H17N3O3. The molecule has 0 aliphatic rings. The van der Waals surface area contributed by atoms with Crippen molar-refractivity contribution in [3.05, 3.63) is 68.5 Å². The molecule has 0 fully saturated rings. The van der Waals surface area contributed by atoms with E-state index in [9.17, 15) is 14.4 Å². The van der Waals surface area contributed by atoms with Crippen molar-refractivity contribution in [2.75, 3.05) is 0 Å². The van der Waals surface area contributed by atoms with Crippen molar-refractivity contribution in [3.8, 4) is 0 Å². The third-order valence-corrected chi connectivity index (χ3v) is 3.22. The molecule has 1 heterocycles. The number of hydrogen-bond donors (Lipinski definition) is 1. The molecule has 0 unspecified atom stereocenters. The van der Waals surface area contributed by atoms with Crippen molar-refractivity contribution >= 4 is 5.91 Å². The number of benzene rings is 1. The maximum Gasteiger partial charge on any atom is 0.331 e. The van der Waals surface area contributed by atoms with Crippen LogP contribution in [0.3, 0.4) is 0 Å². The Morgan fingerprint density at radius 2 is 1.90 bits per heavy atom. The first kappa shape index (κ1) is 14.8. The molecule has 0 aliphatic heterocycles. The van der Waals surface area contributed by atoms with Crippen LogP contribution in [0.5, 0.6) is 0 Å². The summed E-state index contributed by atoms with van der Waals surface area (Å²) in [5, 5.41) is 0. The predicted molar refractivity (Wildman–Crippen MR) is 79.3 cm³/mol. The zero-order chi connectivity index (χ0) is 15.4. The van der Waals surface area contributed by atoms with E-state index in [-0.39, 0.29) is 12.2 Å². The Hall–Kier alpha value is -2.63. The number of nitrogens with zero attached hydrogens (tertiary/aromatic N) is 2. The fourth-order valence-corrected chi connectivity index (χ4v) is 2.18. The number of carbonyl (C=O) groups is 1. The lowest BCUT2D eigenvalue weighted by Gasteiger charge is -2.11. The summed E-state index contributed by atoms with van der Waals surface area (Å²) in [6.07, 6.45) is 2.28. The Balaban J connectivity index is 2.50. The van der Waals surface area contributed by atoms with E-state index in [1.807, 2.05) is 6.92 Å². The van der Waals surface area contributed by atoms with Gasteiger partial charge in [-0.15, -0.1) is 0 Å². The van der Waals surface area contributed by atoms with Crippen LogP contribution in [-0.2, 0) is 13.1 Å². The third kappa shape index (κ3) is 3.10. The molecule has 6 nitrogen and oxygen atoms in total. The third-order valence-electron chi connectivity index (χ3n) is 3.22. The fraction of sp³-hybridized carbons (Fsp3) is 0.267. The number of amides is 1. The summed E-state index contributed by atoms with van der Waals surface area (Å²) in [7, 11) is 0. The molecule has 21 heavy (non-hydrogen) atoms. The van der Waals surface area contributed by atoms with Crippen molar-refractivity contribution in [1.29, 1.82) is 0 Å². The molecule has 0 atom stereocenters. The van der Waals surface area contributed by atoms with Gasteiger partial charge in [0.05, 0.1) is 6.54 Å². The van der Waals surface area contributed by atoms with Crippen LogP contribution in [0.25, 0.3) is 0 Å². The molecule has 0 aliphatic carbocycles. The highest BCUT2D eigenvalue weighted by atomic mass is 16.2. The molecule has 0 spiro atoms. The van der Waals surface area contributed by atoms with Gasteiger partial charge in [0.1, 0.15) is 0 Å². The Morgan fingerprint density at radius 3 is 2.57 bits per heavy atom. The van der Waals surface area contributed by atoms with Gasteiger partial charge in [-0.05, 0) is 18.1 Å². The second kappa shape index (κ2) is 6.21. The molecule has 6 heteroatoms. The molecule has 110 valence electrons. The molecule has 2 rings (SSSR count). The van der Waals surface area contributed by atoms with Crippen molar-refractivity contribution < 1.29 is 4.79 Å². The van der Waals surface area contributed by atoms with Crippen LogP contribution < -0.4 is 17.0 Å². The summed E-state index contributed by atoms with van der Waals surface area (Å²) in [5.41, 5.74) is 5.40. The van der Waals surface area contributed by atoms with Crippen molar-refractivity contribution in [3.63, 3.8) is 0 Å². The number of nitrogens with two attached hydrogens (primary N) is 1. The second-order valence-electron chi connectivity index (χ2n) is 4.74. The average molecular weight is 287 g/mol. The van der Waals surface area contributed by atoms with Crippen molar-refractivity contribution in [2.45, 2.75) is 26.4 Å². The predicted octanol–water partition coefficient (Wildman–Crippen LogP) is 0.567. The number of carbonyl (C=O) groups excluding carboxylic acids is 1. The van der Waals surface area contributed by atoms with E-state index < -0.39 is 11.5 Å². The topological polar surface area (TPSA) is 87.1 Å².